The Morgan fingerprint density at radius 3 is 2.78 bits per heavy atom. The molecular formula is C19H31ClIN3O3. The normalized spacial score (nSPS) is 16.8. The van der Waals surface area contributed by atoms with Gasteiger partial charge in [0.1, 0.15) is 0 Å². The number of ether oxygens (including phenoxy) is 3. The number of nitrogens with one attached hydrogen (secondary N) is 2. The number of hydrogen-bond acceptors (Lipinski definition) is 4. The van der Waals surface area contributed by atoms with Crippen LogP contribution in [0.5, 0.6) is 0 Å². The zero-order valence-electron chi connectivity index (χ0n) is 15.9. The first-order valence-electron chi connectivity index (χ1n) is 9.31. The number of guanidine groups is 1. The predicted octanol–water partition coefficient (Wildman–Crippen LogP) is 3.23. The molecule has 6 nitrogen and oxygen atoms in total. The van der Waals surface area contributed by atoms with E-state index in [4.69, 9.17) is 25.8 Å². The van der Waals surface area contributed by atoms with Gasteiger partial charge in [0.05, 0.1) is 25.9 Å². The second-order valence-corrected chi connectivity index (χ2v) is 6.51. The minimum absolute atomic E-state index is 0. The van der Waals surface area contributed by atoms with E-state index in [1.165, 1.54) is 0 Å². The molecule has 154 valence electrons. The fourth-order valence-corrected chi connectivity index (χ4v) is 2.63. The first kappa shape index (κ1) is 24.4. The van der Waals surface area contributed by atoms with Crippen molar-refractivity contribution in [2.45, 2.75) is 32.5 Å². The van der Waals surface area contributed by atoms with Crippen molar-refractivity contribution in [3.05, 3.63) is 34.9 Å². The van der Waals surface area contributed by atoms with E-state index in [2.05, 4.69) is 22.5 Å². The van der Waals surface area contributed by atoms with Crippen molar-refractivity contribution in [2.24, 2.45) is 4.99 Å². The lowest BCUT2D eigenvalue weighted by atomic mass is 10.2. The lowest BCUT2D eigenvalue weighted by molar-refractivity contribution is 0.0424. The first-order valence-corrected chi connectivity index (χ1v) is 9.69. The highest BCUT2D eigenvalue weighted by Crippen LogP contribution is 2.10. The smallest absolute Gasteiger partial charge is 0.191 e. The van der Waals surface area contributed by atoms with Crippen LogP contribution >= 0.6 is 35.6 Å². The molecule has 1 saturated heterocycles. The molecule has 2 rings (SSSR count). The molecule has 0 aromatic heterocycles. The number of hydrogen-bond donors (Lipinski definition) is 2. The Labute approximate surface area is 184 Å². The summed E-state index contributed by atoms with van der Waals surface area (Å²) >= 11 is 5.87. The van der Waals surface area contributed by atoms with Crippen LogP contribution in [0.15, 0.2) is 29.3 Å². The minimum atomic E-state index is 0. The maximum atomic E-state index is 5.87. The second-order valence-electron chi connectivity index (χ2n) is 6.08. The summed E-state index contributed by atoms with van der Waals surface area (Å²) in [5, 5.41) is 7.26. The molecule has 0 amide bonds. The summed E-state index contributed by atoms with van der Waals surface area (Å²) in [4.78, 5) is 4.56. The van der Waals surface area contributed by atoms with Crippen LogP contribution in [-0.2, 0) is 20.8 Å². The molecule has 0 bridgehead atoms. The highest BCUT2D eigenvalue weighted by atomic mass is 127. The Morgan fingerprint density at radius 2 is 2.07 bits per heavy atom. The summed E-state index contributed by atoms with van der Waals surface area (Å²) in [5.41, 5.74) is 1.11. The molecule has 27 heavy (non-hydrogen) atoms. The summed E-state index contributed by atoms with van der Waals surface area (Å²) < 4.78 is 16.7. The summed E-state index contributed by atoms with van der Waals surface area (Å²) in [6.45, 7) is 7.77. The van der Waals surface area contributed by atoms with E-state index in [9.17, 15) is 0 Å². The van der Waals surface area contributed by atoms with Gasteiger partial charge in [-0.25, -0.2) is 0 Å². The Bertz CT molecular complexity index is 525. The van der Waals surface area contributed by atoms with Crippen LogP contribution in [-0.4, -0.2) is 58.1 Å². The highest BCUT2D eigenvalue weighted by molar-refractivity contribution is 14.0. The Morgan fingerprint density at radius 1 is 1.26 bits per heavy atom. The Kier molecular flexibility index (Phi) is 13.9. The maximum Gasteiger partial charge on any atom is 0.191 e. The average molecular weight is 512 g/mol. The van der Waals surface area contributed by atoms with Crippen molar-refractivity contribution in [1.82, 2.24) is 10.6 Å². The van der Waals surface area contributed by atoms with Gasteiger partial charge >= 0.3 is 0 Å². The van der Waals surface area contributed by atoms with Gasteiger partial charge < -0.3 is 24.8 Å². The van der Waals surface area contributed by atoms with Crippen molar-refractivity contribution in [2.75, 3.05) is 46.1 Å². The van der Waals surface area contributed by atoms with Crippen LogP contribution in [0.25, 0.3) is 0 Å². The number of halogens is 2. The van der Waals surface area contributed by atoms with Gasteiger partial charge in [-0.1, -0.05) is 23.7 Å². The Hall–Kier alpha value is -0.610. The quantitative estimate of drug-likeness (QED) is 0.207. The van der Waals surface area contributed by atoms with Gasteiger partial charge in [0, 0.05) is 37.9 Å². The molecule has 0 aliphatic carbocycles. The predicted molar refractivity (Wildman–Crippen MR) is 120 cm³/mol. The molecule has 1 aliphatic heterocycles. The van der Waals surface area contributed by atoms with E-state index < -0.39 is 0 Å². The van der Waals surface area contributed by atoms with Crippen LogP contribution in [0.1, 0.15) is 25.3 Å². The van der Waals surface area contributed by atoms with Crippen molar-refractivity contribution < 1.29 is 14.2 Å². The molecule has 0 saturated carbocycles. The fourth-order valence-electron chi connectivity index (χ4n) is 2.50. The summed E-state index contributed by atoms with van der Waals surface area (Å²) in [5.74, 6) is 0.812. The molecule has 1 atom stereocenters. The zero-order valence-corrected chi connectivity index (χ0v) is 19.0. The number of nitrogens with zero attached hydrogens (tertiary/aromatic N) is 1. The van der Waals surface area contributed by atoms with Gasteiger partial charge in [0.15, 0.2) is 5.96 Å². The number of benzene rings is 1. The van der Waals surface area contributed by atoms with Crippen LogP contribution in [0.3, 0.4) is 0 Å². The Balaban J connectivity index is 0.00000364. The molecule has 0 radical (unpaired) electrons. The van der Waals surface area contributed by atoms with E-state index in [-0.39, 0.29) is 30.1 Å². The second kappa shape index (κ2) is 15.3. The van der Waals surface area contributed by atoms with Crippen molar-refractivity contribution in [1.29, 1.82) is 0 Å². The third-order valence-corrected chi connectivity index (χ3v) is 4.13. The van der Waals surface area contributed by atoms with Crippen LogP contribution in [0, 0.1) is 0 Å². The molecule has 1 fully saturated rings. The standard InChI is InChI=1S/C19H30ClN3O3.HI/c1-2-21-19(22-9-3-11-26-18-8-12-24-15-18)23-10-13-25-14-16-4-6-17(20)7-5-16;/h4-7,18H,2-3,8-15H2,1H3,(H2,21,22,23);1H. The van der Waals surface area contributed by atoms with Crippen LogP contribution in [0.2, 0.25) is 5.02 Å². The van der Waals surface area contributed by atoms with Crippen LogP contribution in [0.4, 0.5) is 0 Å². The molecule has 8 heteroatoms. The van der Waals surface area contributed by atoms with Gasteiger partial charge in [-0.05, 0) is 37.5 Å². The van der Waals surface area contributed by atoms with Gasteiger partial charge in [0.2, 0.25) is 0 Å². The molecular weight excluding hydrogens is 481 g/mol. The maximum absolute atomic E-state index is 5.87. The summed E-state index contributed by atoms with van der Waals surface area (Å²) in [7, 11) is 0. The van der Waals surface area contributed by atoms with Gasteiger partial charge in [-0.3, -0.25) is 4.99 Å². The van der Waals surface area contributed by atoms with E-state index in [1.807, 2.05) is 24.3 Å². The van der Waals surface area contributed by atoms with E-state index in [0.29, 0.717) is 19.8 Å². The molecule has 1 aromatic rings. The SMILES string of the molecule is CCNC(=NCCCOC1CCOC1)NCCOCc1ccc(Cl)cc1.I. The summed E-state index contributed by atoms with van der Waals surface area (Å²) in [6.07, 6.45) is 2.17. The highest BCUT2D eigenvalue weighted by Gasteiger charge is 2.15. The molecule has 1 unspecified atom stereocenters. The minimum Gasteiger partial charge on any atom is -0.379 e. The van der Waals surface area contributed by atoms with E-state index in [1.54, 1.807) is 0 Å². The monoisotopic (exact) mass is 511 g/mol. The van der Waals surface area contributed by atoms with E-state index in [0.717, 1.165) is 62.3 Å². The first-order chi connectivity index (χ1) is 12.8. The molecule has 1 aliphatic rings. The largest absolute Gasteiger partial charge is 0.379 e. The van der Waals surface area contributed by atoms with Gasteiger partial charge in [-0.15, -0.1) is 24.0 Å². The lowest BCUT2D eigenvalue weighted by Crippen LogP contribution is -2.39. The van der Waals surface area contributed by atoms with Crippen molar-refractivity contribution in [3.63, 3.8) is 0 Å². The third-order valence-electron chi connectivity index (χ3n) is 3.88. The third kappa shape index (κ3) is 11.1. The van der Waals surface area contributed by atoms with Gasteiger partial charge in [-0.2, -0.15) is 0 Å². The fraction of sp³-hybridized carbons (Fsp3) is 0.632. The zero-order chi connectivity index (χ0) is 18.5. The number of aliphatic imine (C=N–C) groups is 1. The molecule has 1 heterocycles. The van der Waals surface area contributed by atoms with E-state index >= 15 is 0 Å². The molecule has 0 spiro atoms. The summed E-state index contributed by atoms with van der Waals surface area (Å²) in [6, 6.07) is 7.69. The molecule has 1 aromatic carbocycles. The van der Waals surface area contributed by atoms with Crippen molar-refractivity contribution >= 4 is 41.5 Å². The van der Waals surface area contributed by atoms with Crippen molar-refractivity contribution in [3.8, 4) is 0 Å². The average Bonchev–Trinajstić information content (AvgIpc) is 3.16. The lowest BCUT2D eigenvalue weighted by Gasteiger charge is -2.12. The van der Waals surface area contributed by atoms with Gasteiger partial charge in [0.25, 0.3) is 0 Å². The topological polar surface area (TPSA) is 64.1 Å². The van der Waals surface area contributed by atoms with Crippen LogP contribution < -0.4 is 10.6 Å². The molecule has 2 N–H and O–H groups in total. The number of rotatable bonds is 11.